The molecule has 9 heteroatoms. The van der Waals surface area contributed by atoms with Gasteiger partial charge in [0.05, 0.1) is 29.2 Å². The van der Waals surface area contributed by atoms with Crippen LogP contribution in [0.15, 0.2) is 30.5 Å². The Hall–Kier alpha value is -3.25. The molecule has 1 saturated carbocycles. The lowest BCUT2D eigenvalue weighted by molar-refractivity contribution is -0.0618. The minimum absolute atomic E-state index is 0.195. The molecule has 0 bridgehead atoms. The third-order valence-corrected chi connectivity index (χ3v) is 6.20. The number of nitriles is 1. The Morgan fingerprint density at radius 2 is 2.06 bits per heavy atom. The van der Waals surface area contributed by atoms with Gasteiger partial charge in [-0.25, -0.2) is 14.2 Å². The minimum Gasteiger partial charge on any atom is -0.447 e. The molecule has 2 aromatic rings. The molecule has 1 saturated heterocycles. The molecule has 8 nitrogen and oxygen atoms in total. The Morgan fingerprint density at radius 3 is 2.68 bits per heavy atom. The summed E-state index contributed by atoms with van der Waals surface area (Å²) >= 11 is 0. The monoisotopic (exact) mass is 467 g/mol. The van der Waals surface area contributed by atoms with E-state index in [1.54, 1.807) is 25.3 Å². The summed E-state index contributed by atoms with van der Waals surface area (Å²) in [7, 11) is 0. The summed E-state index contributed by atoms with van der Waals surface area (Å²) in [5, 5.41) is 12.5. The maximum atomic E-state index is 14.9. The molecular formula is C25H30FN5O3. The maximum absolute atomic E-state index is 14.9. The number of aromatic nitrogens is 2. The highest BCUT2D eigenvalue weighted by molar-refractivity contribution is 5.89. The summed E-state index contributed by atoms with van der Waals surface area (Å²) in [6, 6.07) is 8.10. The van der Waals surface area contributed by atoms with Gasteiger partial charge in [0.15, 0.2) is 0 Å². The van der Waals surface area contributed by atoms with Crippen molar-refractivity contribution >= 4 is 17.9 Å². The van der Waals surface area contributed by atoms with Crippen molar-refractivity contribution in [3.05, 3.63) is 47.4 Å². The molecule has 2 aliphatic rings. The average Bonchev–Trinajstić information content (AvgIpc) is 3.47. The Kier molecular flexibility index (Phi) is 6.21. The number of anilines is 2. The summed E-state index contributed by atoms with van der Waals surface area (Å²) in [6.07, 6.45) is 2.28. The summed E-state index contributed by atoms with van der Waals surface area (Å²) in [5.41, 5.74) is 0.239. The summed E-state index contributed by atoms with van der Waals surface area (Å²) in [5.74, 6) is 0.251. The second-order valence-corrected chi connectivity index (χ2v) is 9.98. The molecule has 4 rings (SSSR count). The Labute approximate surface area is 199 Å². The van der Waals surface area contributed by atoms with E-state index < -0.39 is 17.6 Å². The molecule has 2 fully saturated rings. The second kappa shape index (κ2) is 8.84. The molecule has 180 valence electrons. The smallest absolute Gasteiger partial charge is 0.416 e. The van der Waals surface area contributed by atoms with Gasteiger partial charge in [0, 0.05) is 11.8 Å². The topological polar surface area (TPSA) is 100 Å². The van der Waals surface area contributed by atoms with Gasteiger partial charge in [0.2, 0.25) is 5.95 Å². The number of carbonyl (C=O) groups is 1. The molecule has 1 amide bonds. The van der Waals surface area contributed by atoms with Crippen LogP contribution in [-0.2, 0) is 14.9 Å². The number of cyclic esters (lactones) is 1. The molecule has 1 aromatic carbocycles. The molecule has 3 atom stereocenters. The molecule has 1 N–H and O–H groups in total. The molecule has 2 heterocycles. The number of rotatable bonds is 7. The van der Waals surface area contributed by atoms with E-state index in [-0.39, 0.29) is 36.1 Å². The minimum atomic E-state index is -0.539. The fraction of sp³-hybridized carbons (Fsp3) is 0.520. The number of nitrogens with zero attached hydrogens (tertiary/aromatic N) is 4. The molecule has 34 heavy (non-hydrogen) atoms. The van der Waals surface area contributed by atoms with Crippen LogP contribution in [0.5, 0.6) is 0 Å². The van der Waals surface area contributed by atoms with Crippen LogP contribution in [0.2, 0.25) is 0 Å². The quantitative estimate of drug-likeness (QED) is 0.620. The first-order valence-electron chi connectivity index (χ1n) is 11.5. The van der Waals surface area contributed by atoms with Crippen LogP contribution in [0, 0.1) is 17.1 Å². The number of ether oxygens (including phenoxy) is 2. The number of halogens is 1. The van der Waals surface area contributed by atoms with Crippen molar-refractivity contribution in [1.82, 2.24) is 9.97 Å². The van der Waals surface area contributed by atoms with E-state index >= 15 is 0 Å². The van der Waals surface area contributed by atoms with Crippen LogP contribution < -0.4 is 10.2 Å². The van der Waals surface area contributed by atoms with E-state index in [1.807, 2.05) is 33.8 Å². The predicted molar refractivity (Wildman–Crippen MR) is 125 cm³/mol. The van der Waals surface area contributed by atoms with Crippen molar-refractivity contribution in [3.8, 4) is 6.07 Å². The first kappa shape index (κ1) is 23.9. The highest BCUT2D eigenvalue weighted by Crippen LogP contribution is 2.48. The van der Waals surface area contributed by atoms with Crippen molar-refractivity contribution in [2.24, 2.45) is 0 Å². The van der Waals surface area contributed by atoms with Crippen LogP contribution >= 0.6 is 0 Å². The zero-order valence-electron chi connectivity index (χ0n) is 20.1. The summed E-state index contributed by atoms with van der Waals surface area (Å²) < 4.78 is 26.2. The summed E-state index contributed by atoms with van der Waals surface area (Å²) in [4.78, 5) is 22.7. The Bertz CT molecular complexity index is 1120. The lowest BCUT2D eigenvalue weighted by atomic mass is 9.95. The number of benzene rings is 1. The zero-order valence-corrected chi connectivity index (χ0v) is 20.1. The summed E-state index contributed by atoms with van der Waals surface area (Å²) in [6.45, 7) is 9.76. The first-order valence-corrected chi connectivity index (χ1v) is 11.5. The van der Waals surface area contributed by atoms with Gasteiger partial charge in [-0.3, -0.25) is 4.90 Å². The van der Waals surface area contributed by atoms with Crippen molar-refractivity contribution in [2.45, 2.75) is 76.7 Å². The fourth-order valence-electron chi connectivity index (χ4n) is 4.27. The van der Waals surface area contributed by atoms with E-state index in [0.717, 1.165) is 12.8 Å². The SMILES string of the molecule is C[C@H](Nc1nccc(N2C(=O)OC[C@@H]2[C@@H](C)OC(C)(C)C)n1)c1ccc(C2(C#N)CC2)cc1F. The van der Waals surface area contributed by atoms with Crippen LogP contribution in [-0.4, -0.2) is 40.4 Å². The number of carbonyl (C=O) groups excluding carboxylic acids is 1. The molecular weight excluding hydrogens is 437 g/mol. The first-order chi connectivity index (χ1) is 16.0. The maximum Gasteiger partial charge on any atom is 0.416 e. The van der Waals surface area contributed by atoms with Crippen LogP contribution in [0.25, 0.3) is 0 Å². The van der Waals surface area contributed by atoms with Crippen molar-refractivity contribution in [1.29, 1.82) is 5.26 Å². The average molecular weight is 468 g/mol. The molecule has 0 unspecified atom stereocenters. The predicted octanol–water partition coefficient (Wildman–Crippen LogP) is 4.87. The van der Waals surface area contributed by atoms with Gasteiger partial charge in [-0.2, -0.15) is 10.2 Å². The van der Waals surface area contributed by atoms with Gasteiger partial charge >= 0.3 is 6.09 Å². The van der Waals surface area contributed by atoms with E-state index in [2.05, 4.69) is 21.4 Å². The number of amides is 1. The lowest BCUT2D eigenvalue weighted by Gasteiger charge is -2.31. The van der Waals surface area contributed by atoms with E-state index in [0.29, 0.717) is 16.9 Å². The second-order valence-electron chi connectivity index (χ2n) is 9.98. The van der Waals surface area contributed by atoms with Gasteiger partial charge < -0.3 is 14.8 Å². The van der Waals surface area contributed by atoms with Gasteiger partial charge in [-0.15, -0.1) is 0 Å². The van der Waals surface area contributed by atoms with Crippen LogP contribution in [0.1, 0.15) is 64.6 Å². The van der Waals surface area contributed by atoms with Crippen molar-refractivity contribution in [2.75, 3.05) is 16.8 Å². The van der Waals surface area contributed by atoms with Gasteiger partial charge in [0.1, 0.15) is 24.3 Å². The largest absolute Gasteiger partial charge is 0.447 e. The van der Waals surface area contributed by atoms with Crippen LogP contribution in [0.3, 0.4) is 0 Å². The Balaban J connectivity index is 1.51. The van der Waals surface area contributed by atoms with E-state index in [4.69, 9.17) is 9.47 Å². The number of hydrogen-bond acceptors (Lipinski definition) is 7. The highest BCUT2D eigenvalue weighted by atomic mass is 19.1. The van der Waals surface area contributed by atoms with Gasteiger partial charge in [-0.05, 0) is 65.2 Å². The van der Waals surface area contributed by atoms with E-state index in [1.165, 1.54) is 11.0 Å². The van der Waals surface area contributed by atoms with Gasteiger partial charge in [0.25, 0.3) is 0 Å². The molecule has 0 radical (unpaired) electrons. The van der Waals surface area contributed by atoms with Crippen LogP contribution in [0.4, 0.5) is 21.0 Å². The number of hydrogen-bond donors (Lipinski definition) is 1. The molecule has 1 aromatic heterocycles. The van der Waals surface area contributed by atoms with E-state index in [9.17, 15) is 14.4 Å². The molecule has 0 spiro atoms. The lowest BCUT2D eigenvalue weighted by Crippen LogP contribution is -2.45. The van der Waals surface area contributed by atoms with Crippen molar-refractivity contribution < 1.29 is 18.7 Å². The van der Waals surface area contributed by atoms with Crippen molar-refractivity contribution in [3.63, 3.8) is 0 Å². The third-order valence-electron chi connectivity index (χ3n) is 6.20. The normalized spacial score (nSPS) is 20.9. The standard InChI is InChI=1S/C25H30FN5O3/c1-15(18-7-6-17(12-19(18)26)25(14-27)9-10-25)29-22-28-11-8-21(30-22)31-20(13-33-23(31)32)16(2)34-24(3,4)5/h6-8,11-12,15-16,20H,9-10,13H2,1-5H3,(H,28,29,30)/t15-,16+,20+/m0/s1. The molecule has 1 aliphatic carbocycles. The fourth-order valence-corrected chi connectivity index (χ4v) is 4.27. The van der Waals surface area contributed by atoms with Gasteiger partial charge in [-0.1, -0.05) is 12.1 Å². The molecule has 1 aliphatic heterocycles. The zero-order chi connectivity index (χ0) is 24.7. The Morgan fingerprint density at radius 1 is 1.32 bits per heavy atom. The number of nitrogens with one attached hydrogen (secondary N) is 1. The highest BCUT2D eigenvalue weighted by Gasteiger charge is 2.45. The third kappa shape index (κ3) is 4.82.